The second kappa shape index (κ2) is 9.89. The molecule has 0 amide bonds. The molecule has 0 saturated carbocycles. The molecule has 1 aliphatic heterocycles. The minimum absolute atomic E-state index is 0.0104. The summed E-state index contributed by atoms with van der Waals surface area (Å²) >= 11 is 0. The molecule has 4 rings (SSSR count). The van der Waals surface area contributed by atoms with Crippen molar-refractivity contribution < 1.29 is 14.6 Å². The Morgan fingerprint density at radius 2 is 1.79 bits per heavy atom. The number of ether oxygens (including phenoxy) is 2. The summed E-state index contributed by atoms with van der Waals surface area (Å²) in [5, 5.41) is 9.44. The highest BCUT2D eigenvalue weighted by atomic mass is 16.5. The van der Waals surface area contributed by atoms with Crippen molar-refractivity contribution >= 4 is 5.69 Å². The van der Waals surface area contributed by atoms with Gasteiger partial charge in [-0.2, -0.15) is 0 Å². The van der Waals surface area contributed by atoms with Crippen LogP contribution in [0.5, 0.6) is 11.5 Å². The molecule has 2 heterocycles. The van der Waals surface area contributed by atoms with Crippen molar-refractivity contribution in [2.75, 3.05) is 20.3 Å². The van der Waals surface area contributed by atoms with Crippen molar-refractivity contribution in [2.24, 2.45) is 4.99 Å². The van der Waals surface area contributed by atoms with Crippen molar-refractivity contribution in [3.05, 3.63) is 68.6 Å². The maximum absolute atomic E-state index is 13.6. The van der Waals surface area contributed by atoms with Gasteiger partial charge in [0, 0.05) is 31.3 Å². The van der Waals surface area contributed by atoms with E-state index in [1.807, 2.05) is 39.0 Å². The summed E-state index contributed by atoms with van der Waals surface area (Å²) in [7, 11) is 1.62. The first-order valence-electron chi connectivity index (χ1n) is 11.8. The van der Waals surface area contributed by atoms with Crippen LogP contribution in [0, 0.1) is 20.8 Å². The summed E-state index contributed by atoms with van der Waals surface area (Å²) in [6.45, 7) is 9.62. The molecular formula is C27H33N3O4. The normalized spacial score (nSPS) is 12.9. The van der Waals surface area contributed by atoms with Crippen LogP contribution in [-0.4, -0.2) is 34.6 Å². The smallest absolute Gasteiger partial charge is 0.330 e. The number of hydrogen-bond donors (Lipinski definition) is 1. The predicted molar refractivity (Wildman–Crippen MR) is 133 cm³/mol. The topological polar surface area (TPSA) is 78.0 Å². The molecule has 180 valence electrons. The highest BCUT2D eigenvalue weighted by Crippen LogP contribution is 2.37. The Morgan fingerprint density at radius 3 is 2.44 bits per heavy atom. The average Bonchev–Trinajstić information content (AvgIpc) is 2.80. The third kappa shape index (κ3) is 4.40. The summed E-state index contributed by atoms with van der Waals surface area (Å²) in [5.41, 5.74) is 7.52. The summed E-state index contributed by atoms with van der Waals surface area (Å²) in [4.78, 5) is 18.6. The molecule has 1 N–H and O–H groups in total. The van der Waals surface area contributed by atoms with Gasteiger partial charge in [0.2, 0.25) is 0 Å². The lowest BCUT2D eigenvalue weighted by Crippen LogP contribution is -2.42. The largest absolute Gasteiger partial charge is 0.493 e. The number of aliphatic hydroxyl groups excluding tert-OH is 1. The number of aliphatic hydroxyl groups is 1. The summed E-state index contributed by atoms with van der Waals surface area (Å²) < 4.78 is 14.8. The van der Waals surface area contributed by atoms with E-state index in [0.29, 0.717) is 43.1 Å². The molecule has 0 radical (unpaired) electrons. The third-order valence-electron chi connectivity index (χ3n) is 6.27. The van der Waals surface area contributed by atoms with Gasteiger partial charge in [0.15, 0.2) is 11.5 Å². The summed E-state index contributed by atoms with van der Waals surface area (Å²) in [6.07, 6.45) is 1.20. The van der Waals surface area contributed by atoms with Gasteiger partial charge < -0.3 is 14.6 Å². The minimum atomic E-state index is -0.120. The van der Waals surface area contributed by atoms with Crippen molar-refractivity contribution in [1.82, 2.24) is 9.13 Å². The van der Waals surface area contributed by atoms with Crippen molar-refractivity contribution in [3.8, 4) is 22.8 Å². The third-order valence-corrected chi connectivity index (χ3v) is 6.27. The Kier molecular flexibility index (Phi) is 6.93. The highest BCUT2D eigenvalue weighted by Gasteiger charge is 2.22. The van der Waals surface area contributed by atoms with E-state index in [2.05, 4.69) is 19.1 Å². The van der Waals surface area contributed by atoms with Gasteiger partial charge >= 0.3 is 5.69 Å². The van der Waals surface area contributed by atoms with Crippen LogP contribution in [0.25, 0.3) is 11.3 Å². The molecule has 0 aliphatic carbocycles. The fraction of sp³-hybridized carbons (Fsp3) is 0.407. The van der Waals surface area contributed by atoms with Gasteiger partial charge in [-0.05, 0) is 69.4 Å². The SMILES string of the molecule is CCOc1cc2c(cc1OC)-c1cc(=Nc3c(C)cc(C)cc3C)n(CCCO)c(=O)n1CC2. The van der Waals surface area contributed by atoms with Crippen LogP contribution in [-0.2, 0) is 19.5 Å². The lowest BCUT2D eigenvalue weighted by Gasteiger charge is -2.25. The molecule has 0 spiro atoms. The molecule has 1 aliphatic rings. The number of aromatic nitrogens is 2. The molecule has 0 atom stereocenters. The first-order valence-corrected chi connectivity index (χ1v) is 11.8. The lowest BCUT2D eigenvalue weighted by atomic mass is 9.97. The fourth-order valence-corrected chi connectivity index (χ4v) is 4.77. The minimum Gasteiger partial charge on any atom is -0.493 e. The van der Waals surface area contributed by atoms with Crippen LogP contribution in [0.15, 0.2) is 40.1 Å². The van der Waals surface area contributed by atoms with Gasteiger partial charge in [-0.1, -0.05) is 17.7 Å². The molecule has 1 aromatic heterocycles. The Balaban J connectivity index is 1.99. The molecule has 0 fully saturated rings. The van der Waals surface area contributed by atoms with Gasteiger partial charge in [-0.25, -0.2) is 9.79 Å². The molecule has 2 aromatic carbocycles. The number of aryl methyl sites for hydroxylation is 4. The lowest BCUT2D eigenvalue weighted by molar-refractivity contribution is 0.277. The molecule has 7 heteroatoms. The van der Waals surface area contributed by atoms with Gasteiger partial charge in [-0.15, -0.1) is 0 Å². The Morgan fingerprint density at radius 1 is 1.06 bits per heavy atom. The molecule has 7 nitrogen and oxygen atoms in total. The maximum Gasteiger partial charge on any atom is 0.330 e. The van der Waals surface area contributed by atoms with E-state index in [4.69, 9.17) is 14.5 Å². The second-order valence-electron chi connectivity index (χ2n) is 8.75. The molecule has 0 bridgehead atoms. The van der Waals surface area contributed by atoms with Crippen LogP contribution < -0.4 is 20.7 Å². The quantitative estimate of drug-likeness (QED) is 0.578. The number of nitrogens with zero attached hydrogens (tertiary/aromatic N) is 3. The average molecular weight is 464 g/mol. The fourth-order valence-electron chi connectivity index (χ4n) is 4.77. The molecular weight excluding hydrogens is 430 g/mol. The van der Waals surface area contributed by atoms with E-state index in [1.54, 1.807) is 16.2 Å². The van der Waals surface area contributed by atoms with Crippen LogP contribution >= 0.6 is 0 Å². The monoisotopic (exact) mass is 463 g/mol. The molecule has 0 unspecified atom stereocenters. The zero-order valence-electron chi connectivity index (χ0n) is 20.6. The van der Waals surface area contributed by atoms with E-state index >= 15 is 0 Å². The molecule has 3 aromatic rings. The van der Waals surface area contributed by atoms with Crippen LogP contribution in [0.4, 0.5) is 5.69 Å². The van der Waals surface area contributed by atoms with Crippen molar-refractivity contribution in [3.63, 3.8) is 0 Å². The number of hydrogen-bond acceptors (Lipinski definition) is 5. The number of methoxy groups -OCH3 is 1. The Labute approximate surface area is 199 Å². The number of fused-ring (bicyclic) bond motifs is 3. The highest BCUT2D eigenvalue weighted by molar-refractivity contribution is 5.70. The maximum atomic E-state index is 13.6. The zero-order valence-corrected chi connectivity index (χ0v) is 20.6. The van der Waals surface area contributed by atoms with E-state index in [9.17, 15) is 9.90 Å². The molecule has 0 saturated heterocycles. The predicted octanol–water partition coefficient (Wildman–Crippen LogP) is 3.82. The Hall–Kier alpha value is -3.32. The van der Waals surface area contributed by atoms with Crippen LogP contribution in [0.1, 0.15) is 35.6 Å². The van der Waals surface area contributed by atoms with Crippen molar-refractivity contribution in [1.29, 1.82) is 0 Å². The zero-order chi connectivity index (χ0) is 24.4. The second-order valence-corrected chi connectivity index (χ2v) is 8.75. The van der Waals surface area contributed by atoms with E-state index in [0.717, 1.165) is 40.1 Å². The van der Waals surface area contributed by atoms with Gasteiger partial charge in [0.1, 0.15) is 5.49 Å². The van der Waals surface area contributed by atoms with Gasteiger partial charge in [-0.3, -0.25) is 9.13 Å². The van der Waals surface area contributed by atoms with E-state index < -0.39 is 0 Å². The van der Waals surface area contributed by atoms with Crippen molar-refractivity contribution in [2.45, 2.75) is 53.6 Å². The van der Waals surface area contributed by atoms with E-state index in [-0.39, 0.29) is 12.3 Å². The van der Waals surface area contributed by atoms with E-state index in [1.165, 1.54) is 5.56 Å². The number of rotatable bonds is 7. The van der Waals surface area contributed by atoms with Gasteiger partial charge in [0.05, 0.1) is 25.1 Å². The van der Waals surface area contributed by atoms with Crippen LogP contribution in [0.2, 0.25) is 0 Å². The molecule has 34 heavy (non-hydrogen) atoms. The Bertz CT molecular complexity index is 1330. The van der Waals surface area contributed by atoms with Gasteiger partial charge in [0.25, 0.3) is 0 Å². The standard InChI is InChI=1S/C27H33N3O4/c1-6-34-24-14-20-8-10-29-22(21(20)15-23(24)33-5)16-25(30(27(29)32)9-7-11-31)28-26-18(3)12-17(2)13-19(26)4/h12-16,31H,6-11H2,1-5H3. The van der Waals surface area contributed by atoms with Crippen LogP contribution in [0.3, 0.4) is 0 Å². The summed E-state index contributed by atoms with van der Waals surface area (Å²) in [5.74, 6) is 1.35. The number of benzene rings is 2. The summed E-state index contributed by atoms with van der Waals surface area (Å²) in [6, 6.07) is 10.2. The first kappa shape index (κ1) is 23.8. The first-order chi connectivity index (χ1) is 16.4.